The number of benzene rings is 2. The molecule has 0 fully saturated rings. The predicted octanol–water partition coefficient (Wildman–Crippen LogP) is 4.27. The first-order valence-electron chi connectivity index (χ1n) is 10.1. The van der Waals surface area contributed by atoms with Gasteiger partial charge in [-0.15, -0.1) is 24.0 Å². The van der Waals surface area contributed by atoms with Gasteiger partial charge in [-0.3, -0.25) is 10.1 Å². The fourth-order valence-corrected chi connectivity index (χ4v) is 2.88. The van der Waals surface area contributed by atoms with Gasteiger partial charge in [0.1, 0.15) is 0 Å². The van der Waals surface area contributed by atoms with Crippen LogP contribution in [0, 0.1) is 10.1 Å². The van der Waals surface area contributed by atoms with E-state index in [2.05, 4.69) is 22.5 Å². The highest BCUT2D eigenvalue weighted by atomic mass is 127. The van der Waals surface area contributed by atoms with Crippen molar-refractivity contribution >= 4 is 35.6 Å². The van der Waals surface area contributed by atoms with Crippen molar-refractivity contribution in [3.05, 3.63) is 57.6 Å². The number of non-ortho nitro benzene ring substituents is 1. The molecule has 2 aromatic carbocycles. The van der Waals surface area contributed by atoms with Gasteiger partial charge in [-0.1, -0.05) is 25.5 Å². The van der Waals surface area contributed by atoms with Crippen LogP contribution < -0.4 is 24.8 Å². The van der Waals surface area contributed by atoms with Crippen LogP contribution in [-0.4, -0.2) is 38.8 Å². The minimum absolute atomic E-state index is 0. The molecule has 0 aliphatic rings. The van der Waals surface area contributed by atoms with E-state index >= 15 is 0 Å². The first-order chi connectivity index (χ1) is 15.0. The summed E-state index contributed by atoms with van der Waals surface area (Å²) in [7, 11) is 4.72. The zero-order chi connectivity index (χ0) is 22.6. The average Bonchev–Trinajstić information content (AvgIpc) is 2.79. The third-order valence-corrected chi connectivity index (χ3v) is 4.57. The minimum Gasteiger partial charge on any atom is -0.493 e. The molecule has 0 bridgehead atoms. The fraction of sp³-hybridized carbons (Fsp3) is 0.409. The monoisotopic (exact) mass is 558 g/mol. The Labute approximate surface area is 205 Å². The second-order valence-corrected chi connectivity index (χ2v) is 6.76. The summed E-state index contributed by atoms with van der Waals surface area (Å²) < 4.78 is 16.2. The smallest absolute Gasteiger partial charge is 0.269 e. The highest BCUT2D eigenvalue weighted by Gasteiger charge is 2.13. The van der Waals surface area contributed by atoms with E-state index in [9.17, 15) is 10.1 Å². The van der Waals surface area contributed by atoms with Crippen LogP contribution in [0.4, 0.5) is 5.69 Å². The Hall–Kier alpha value is -2.76. The molecule has 0 aliphatic heterocycles. The zero-order valence-corrected chi connectivity index (χ0v) is 21.2. The van der Waals surface area contributed by atoms with E-state index in [1.165, 1.54) is 12.1 Å². The lowest BCUT2D eigenvalue weighted by Crippen LogP contribution is -2.37. The molecule has 0 saturated heterocycles. The molecule has 0 saturated carbocycles. The fourth-order valence-electron chi connectivity index (χ4n) is 2.88. The molecule has 0 spiro atoms. The first kappa shape index (κ1) is 27.3. The Morgan fingerprint density at radius 3 is 2.12 bits per heavy atom. The molecule has 0 heterocycles. The number of hydrogen-bond acceptors (Lipinski definition) is 6. The Morgan fingerprint density at radius 1 is 1.00 bits per heavy atom. The number of nitro groups is 1. The summed E-state index contributed by atoms with van der Waals surface area (Å²) in [5.74, 6) is 2.34. The summed E-state index contributed by atoms with van der Waals surface area (Å²) in [6.45, 7) is 3.81. The van der Waals surface area contributed by atoms with Crippen LogP contribution in [0.3, 0.4) is 0 Å². The standard InChI is InChI=1S/C22H30N4O5.HI/c1-5-6-11-23-22(24-14-16-7-9-18(10-8-16)26(27)28)25-15-17-12-19(29-2)21(31-4)20(13-17)30-3;/h7-10,12-13H,5-6,11,14-15H2,1-4H3,(H2,23,24,25);1H. The zero-order valence-electron chi connectivity index (χ0n) is 18.8. The molecule has 32 heavy (non-hydrogen) atoms. The summed E-state index contributed by atoms with van der Waals surface area (Å²) in [5.41, 5.74) is 1.89. The lowest BCUT2D eigenvalue weighted by atomic mass is 10.2. The number of aliphatic imine (C=N–C) groups is 1. The Balaban J connectivity index is 0.00000512. The molecular weight excluding hydrogens is 527 g/mol. The number of nitro benzene ring substituents is 1. The summed E-state index contributed by atoms with van der Waals surface area (Å²) in [4.78, 5) is 15.1. The number of halogens is 1. The van der Waals surface area contributed by atoms with Gasteiger partial charge < -0.3 is 24.8 Å². The van der Waals surface area contributed by atoms with E-state index in [0.717, 1.165) is 30.5 Å². The van der Waals surface area contributed by atoms with Crippen LogP contribution in [0.25, 0.3) is 0 Å². The quantitative estimate of drug-likeness (QED) is 0.106. The molecular formula is C22H31IN4O5. The lowest BCUT2D eigenvalue weighted by molar-refractivity contribution is -0.384. The van der Waals surface area contributed by atoms with Crippen LogP contribution >= 0.6 is 24.0 Å². The van der Waals surface area contributed by atoms with Gasteiger partial charge in [-0.2, -0.15) is 0 Å². The predicted molar refractivity (Wildman–Crippen MR) is 135 cm³/mol. The lowest BCUT2D eigenvalue weighted by Gasteiger charge is -2.15. The van der Waals surface area contributed by atoms with Crippen molar-refractivity contribution in [3.8, 4) is 17.2 Å². The maximum Gasteiger partial charge on any atom is 0.269 e. The Kier molecular flexibility index (Phi) is 12.2. The van der Waals surface area contributed by atoms with Gasteiger partial charge in [0.15, 0.2) is 17.5 Å². The number of ether oxygens (including phenoxy) is 3. The molecule has 0 radical (unpaired) electrons. The van der Waals surface area contributed by atoms with Crippen molar-refractivity contribution in [2.75, 3.05) is 27.9 Å². The number of nitrogens with one attached hydrogen (secondary N) is 2. The van der Waals surface area contributed by atoms with Crippen molar-refractivity contribution in [2.45, 2.75) is 32.9 Å². The van der Waals surface area contributed by atoms with Crippen LogP contribution in [0.1, 0.15) is 30.9 Å². The number of rotatable bonds is 11. The number of nitrogens with zero attached hydrogens (tertiary/aromatic N) is 2. The molecule has 0 atom stereocenters. The largest absolute Gasteiger partial charge is 0.493 e. The van der Waals surface area contributed by atoms with E-state index in [1.54, 1.807) is 33.5 Å². The van der Waals surface area contributed by atoms with E-state index in [1.807, 2.05) is 12.1 Å². The van der Waals surface area contributed by atoms with Crippen LogP contribution in [0.2, 0.25) is 0 Å². The van der Waals surface area contributed by atoms with Crippen molar-refractivity contribution < 1.29 is 19.1 Å². The van der Waals surface area contributed by atoms with Gasteiger partial charge in [0.2, 0.25) is 5.75 Å². The normalized spacial score (nSPS) is 10.7. The van der Waals surface area contributed by atoms with E-state index in [-0.39, 0.29) is 29.7 Å². The average molecular weight is 558 g/mol. The van der Waals surface area contributed by atoms with E-state index in [4.69, 9.17) is 14.2 Å². The Morgan fingerprint density at radius 2 is 1.62 bits per heavy atom. The minimum atomic E-state index is -0.409. The second kappa shape index (κ2) is 14.3. The van der Waals surface area contributed by atoms with Crippen molar-refractivity contribution in [3.63, 3.8) is 0 Å². The number of methoxy groups -OCH3 is 3. The topological polar surface area (TPSA) is 107 Å². The van der Waals surface area contributed by atoms with Gasteiger partial charge in [0.25, 0.3) is 5.69 Å². The van der Waals surface area contributed by atoms with E-state index in [0.29, 0.717) is 36.3 Å². The summed E-state index contributed by atoms with van der Waals surface area (Å²) in [5, 5.41) is 17.4. The van der Waals surface area contributed by atoms with Crippen LogP contribution in [0.15, 0.2) is 41.4 Å². The highest BCUT2D eigenvalue weighted by Crippen LogP contribution is 2.38. The van der Waals surface area contributed by atoms with E-state index < -0.39 is 4.92 Å². The molecule has 0 unspecified atom stereocenters. The molecule has 0 amide bonds. The van der Waals surface area contributed by atoms with Crippen molar-refractivity contribution in [1.29, 1.82) is 0 Å². The summed E-state index contributed by atoms with van der Waals surface area (Å²) >= 11 is 0. The van der Waals surface area contributed by atoms with Gasteiger partial charge in [-0.25, -0.2) is 4.99 Å². The van der Waals surface area contributed by atoms with Gasteiger partial charge >= 0.3 is 0 Å². The SMILES string of the molecule is CCCCNC(=NCc1cc(OC)c(OC)c(OC)c1)NCc1ccc([N+](=O)[O-])cc1.I. The molecule has 9 nitrogen and oxygen atoms in total. The molecule has 0 aliphatic carbocycles. The maximum absolute atomic E-state index is 10.8. The maximum atomic E-state index is 10.8. The second-order valence-electron chi connectivity index (χ2n) is 6.76. The molecule has 0 aromatic heterocycles. The number of hydrogen-bond donors (Lipinski definition) is 2. The van der Waals surface area contributed by atoms with Crippen LogP contribution in [0.5, 0.6) is 17.2 Å². The van der Waals surface area contributed by atoms with Crippen molar-refractivity contribution in [2.24, 2.45) is 4.99 Å². The first-order valence-corrected chi connectivity index (χ1v) is 10.1. The Bertz CT molecular complexity index is 865. The number of unbranched alkanes of at least 4 members (excludes halogenated alkanes) is 1. The third kappa shape index (κ3) is 8.06. The molecule has 2 N–H and O–H groups in total. The summed E-state index contributed by atoms with van der Waals surface area (Å²) in [6.07, 6.45) is 2.08. The molecule has 2 aromatic rings. The van der Waals surface area contributed by atoms with Gasteiger partial charge in [0.05, 0.1) is 32.8 Å². The molecule has 10 heteroatoms. The molecule has 176 valence electrons. The van der Waals surface area contributed by atoms with Gasteiger partial charge in [-0.05, 0) is 29.7 Å². The number of guanidine groups is 1. The third-order valence-electron chi connectivity index (χ3n) is 4.57. The molecule has 2 rings (SSSR count). The van der Waals surface area contributed by atoms with Gasteiger partial charge in [0, 0.05) is 25.2 Å². The highest BCUT2D eigenvalue weighted by molar-refractivity contribution is 14.0. The van der Waals surface area contributed by atoms with Crippen molar-refractivity contribution in [1.82, 2.24) is 10.6 Å². The van der Waals surface area contributed by atoms with Crippen LogP contribution in [-0.2, 0) is 13.1 Å². The summed E-state index contributed by atoms with van der Waals surface area (Å²) in [6, 6.07) is 10.2.